The first-order valence-corrected chi connectivity index (χ1v) is 10.1. The van der Waals surface area contributed by atoms with Crippen LogP contribution in [-0.2, 0) is 11.8 Å². The summed E-state index contributed by atoms with van der Waals surface area (Å²) in [7, 11) is 0. The minimum atomic E-state index is -0.0907. The van der Waals surface area contributed by atoms with Crippen molar-refractivity contribution in [3.05, 3.63) is 90.5 Å². The van der Waals surface area contributed by atoms with E-state index in [-0.39, 0.29) is 9.69 Å². The van der Waals surface area contributed by atoms with Crippen LogP contribution in [0.15, 0.2) is 78.1 Å². The lowest BCUT2D eigenvalue weighted by Crippen LogP contribution is -2.10. The fourth-order valence-electron chi connectivity index (χ4n) is 2.87. The molecule has 0 bridgehead atoms. The number of anilines is 3. The molecule has 2 aromatic carbocycles. The maximum atomic E-state index is 5.38. The summed E-state index contributed by atoms with van der Waals surface area (Å²) in [5, 5.41) is 13.7. The van der Waals surface area contributed by atoms with E-state index in [9.17, 15) is 0 Å². The highest BCUT2D eigenvalue weighted by Crippen LogP contribution is 2.25. The van der Waals surface area contributed by atoms with Crippen molar-refractivity contribution >= 4 is 22.9 Å². The zero-order valence-corrected chi connectivity index (χ0v) is 18.2. The molecule has 0 aliphatic carbocycles. The molecule has 0 aliphatic rings. The van der Waals surface area contributed by atoms with E-state index in [2.05, 4.69) is 86.2 Å². The van der Waals surface area contributed by atoms with E-state index < -0.39 is 0 Å². The van der Waals surface area contributed by atoms with Gasteiger partial charge in [-0.2, -0.15) is 0 Å². The number of nitrogens with zero attached hydrogens (tertiary/aromatic N) is 1. The van der Waals surface area contributed by atoms with Gasteiger partial charge in [-0.3, -0.25) is 0 Å². The number of hydrogen-bond acceptors (Lipinski definition) is 5. The number of nitrogens with one attached hydrogen (secondary N) is 3. The molecule has 0 radical (unpaired) electrons. The molecule has 0 fully saturated rings. The van der Waals surface area contributed by atoms with Crippen LogP contribution in [0.25, 0.3) is 5.70 Å². The van der Waals surface area contributed by atoms with Gasteiger partial charge < -0.3 is 20.5 Å². The van der Waals surface area contributed by atoms with Crippen LogP contribution >= 0.6 is 0 Å². The second-order valence-electron chi connectivity index (χ2n) is 8.29. The molecule has 1 aromatic heterocycles. The third kappa shape index (κ3) is 5.54. The second kappa shape index (κ2) is 8.91. The number of rotatable bonds is 8. The average Bonchev–Trinajstić information content (AvgIpc) is 3.18. The standard InChI is InChI=1S/C25H30N4O.3H2/c1-7-19-8-10-20(11-9-19)17(2)26-21-12-14-22(15-13-21)27-18(3)28-24-16-23(30-29-24)25(4,5)6;;;/h8-16,26-27H,2-3,7H2,1,4-6H3,(H,28,29);3*1H. The largest absolute Gasteiger partial charge is 0.359 e. The van der Waals surface area contributed by atoms with E-state index in [1.807, 2.05) is 30.3 Å². The summed E-state index contributed by atoms with van der Waals surface area (Å²) in [5.74, 6) is 2.06. The molecule has 0 unspecified atom stereocenters. The molecular weight excluding hydrogens is 372 g/mol. The summed E-state index contributed by atoms with van der Waals surface area (Å²) in [6, 6.07) is 18.3. The van der Waals surface area contributed by atoms with E-state index in [1.54, 1.807) is 0 Å². The van der Waals surface area contributed by atoms with Crippen molar-refractivity contribution in [1.29, 1.82) is 0 Å². The molecule has 5 heteroatoms. The van der Waals surface area contributed by atoms with Crippen molar-refractivity contribution in [3.8, 4) is 0 Å². The molecule has 3 rings (SSSR count). The van der Waals surface area contributed by atoms with Gasteiger partial charge in [-0.1, -0.05) is 70.3 Å². The van der Waals surface area contributed by atoms with Crippen molar-refractivity contribution in [3.63, 3.8) is 0 Å². The normalized spacial score (nSPS) is 11.1. The molecule has 30 heavy (non-hydrogen) atoms. The molecule has 0 spiro atoms. The number of aryl methyl sites for hydroxylation is 1. The van der Waals surface area contributed by atoms with Gasteiger partial charge in [0.15, 0.2) is 5.82 Å². The van der Waals surface area contributed by atoms with Crippen molar-refractivity contribution in [1.82, 2.24) is 5.16 Å². The Kier molecular flexibility index (Phi) is 6.31. The lowest BCUT2D eigenvalue weighted by Gasteiger charge is -2.13. The molecule has 162 valence electrons. The van der Waals surface area contributed by atoms with E-state index in [0.717, 1.165) is 34.8 Å². The molecule has 1 heterocycles. The van der Waals surface area contributed by atoms with Gasteiger partial charge in [-0.25, -0.2) is 0 Å². The minimum Gasteiger partial charge on any atom is -0.359 e. The molecule has 0 saturated heterocycles. The molecule has 3 N–H and O–H groups in total. The number of hydrogen-bond donors (Lipinski definition) is 3. The molecular formula is C25H36N4O. The van der Waals surface area contributed by atoms with Crippen LogP contribution in [0.4, 0.5) is 17.2 Å². The summed E-state index contributed by atoms with van der Waals surface area (Å²) in [6.07, 6.45) is 1.03. The van der Waals surface area contributed by atoms with E-state index in [4.69, 9.17) is 4.52 Å². The lowest BCUT2D eigenvalue weighted by molar-refractivity contribution is 0.331. The summed E-state index contributed by atoms with van der Waals surface area (Å²) in [6.45, 7) is 16.5. The summed E-state index contributed by atoms with van der Waals surface area (Å²) in [4.78, 5) is 0. The van der Waals surface area contributed by atoms with Crippen molar-refractivity contribution < 1.29 is 8.80 Å². The summed E-state index contributed by atoms with van der Waals surface area (Å²) < 4.78 is 5.38. The first kappa shape index (κ1) is 21.2. The van der Waals surface area contributed by atoms with Gasteiger partial charge in [0, 0.05) is 32.8 Å². The Bertz CT molecular complexity index is 1020. The first-order valence-electron chi connectivity index (χ1n) is 10.1. The summed E-state index contributed by atoms with van der Waals surface area (Å²) >= 11 is 0. The highest BCUT2D eigenvalue weighted by atomic mass is 16.5. The predicted molar refractivity (Wildman–Crippen MR) is 133 cm³/mol. The van der Waals surface area contributed by atoms with Crippen molar-refractivity contribution in [2.75, 3.05) is 16.0 Å². The van der Waals surface area contributed by atoms with Gasteiger partial charge in [0.25, 0.3) is 0 Å². The fraction of sp³-hybridized carbons (Fsp3) is 0.240. The Morgan fingerprint density at radius 2 is 1.53 bits per heavy atom. The van der Waals surface area contributed by atoms with Crippen molar-refractivity contribution in [2.24, 2.45) is 0 Å². The van der Waals surface area contributed by atoms with E-state index in [0.29, 0.717) is 11.6 Å². The zero-order chi connectivity index (χ0) is 21.7. The quantitative estimate of drug-likeness (QED) is 0.364. The van der Waals surface area contributed by atoms with Gasteiger partial charge in [-0.05, 0) is 41.8 Å². The van der Waals surface area contributed by atoms with Crippen LogP contribution in [0, 0.1) is 0 Å². The molecule has 0 atom stereocenters. The average molecular weight is 409 g/mol. The van der Waals surface area contributed by atoms with Crippen molar-refractivity contribution in [2.45, 2.75) is 39.5 Å². The van der Waals surface area contributed by atoms with Crippen LogP contribution in [-0.4, -0.2) is 5.16 Å². The minimum absolute atomic E-state index is 0. The third-order valence-electron chi connectivity index (χ3n) is 4.71. The van der Waals surface area contributed by atoms with Gasteiger partial charge in [-0.15, -0.1) is 0 Å². The monoisotopic (exact) mass is 408 g/mol. The molecule has 5 nitrogen and oxygen atoms in total. The van der Waals surface area contributed by atoms with E-state index in [1.165, 1.54) is 5.56 Å². The Hall–Kier alpha value is -3.47. The van der Waals surface area contributed by atoms with Crippen LogP contribution in [0.3, 0.4) is 0 Å². The van der Waals surface area contributed by atoms with Crippen LogP contribution in [0.5, 0.6) is 0 Å². The number of aromatic nitrogens is 1. The lowest BCUT2D eigenvalue weighted by atomic mass is 9.93. The highest BCUT2D eigenvalue weighted by Gasteiger charge is 2.19. The van der Waals surface area contributed by atoms with Gasteiger partial charge in [0.2, 0.25) is 0 Å². The molecule has 0 amide bonds. The maximum Gasteiger partial charge on any atom is 0.175 e. The zero-order valence-electron chi connectivity index (χ0n) is 18.2. The second-order valence-corrected chi connectivity index (χ2v) is 8.29. The van der Waals surface area contributed by atoms with Crippen LogP contribution in [0.1, 0.15) is 48.9 Å². The first-order chi connectivity index (χ1) is 14.2. The van der Waals surface area contributed by atoms with Gasteiger partial charge in [0.05, 0.1) is 0 Å². The Labute approximate surface area is 183 Å². The fourth-order valence-corrected chi connectivity index (χ4v) is 2.87. The van der Waals surface area contributed by atoms with Crippen LogP contribution in [0.2, 0.25) is 0 Å². The smallest absolute Gasteiger partial charge is 0.175 e. The maximum absolute atomic E-state index is 5.38. The number of benzene rings is 2. The molecule has 0 aliphatic heterocycles. The SMILES string of the molecule is C=C(Nc1ccc(NC(=C)c2ccc(CC)cc2)cc1)Nc1cc(C(C)(C)C)on1.[HH].[HH].[HH]. The Balaban J connectivity index is 0.00000341. The molecule has 3 aromatic rings. The van der Waals surface area contributed by atoms with E-state index >= 15 is 0 Å². The highest BCUT2D eigenvalue weighted by molar-refractivity contribution is 5.76. The van der Waals surface area contributed by atoms with Gasteiger partial charge in [0.1, 0.15) is 11.6 Å². The van der Waals surface area contributed by atoms with Crippen LogP contribution < -0.4 is 16.0 Å². The van der Waals surface area contributed by atoms with Gasteiger partial charge >= 0.3 is 0 Å². The predicted octanol–water partition coefficient (Wildman–Crippen LogP) is 7.35. The Morgan fingerprint density at radius 3 is 2.07 bits per heavy atom. The summed E-state index contributed by atoms with van der Waals surface area (Å²) in [5.41, 5.74) is 5.05. The topological polar surface area (TPSA) is 62.1 Å². The Morgan fingerprint density at radius 1 is 0.933 bits per heavy atom. The molecule has 0 saturated carbocycles. The third-order valence-corrected chi connectivity index (χ3v) is 4.71.